The van der Waals surface area contributed by atoms with Crippen LogP contribution in [0.15, 0.2) is 0 Å². The first-order chi connectivity index (χ1) is 4.48. The van der Waals surface area contributed by atoms with E-state index < -0.39 is 0 Å². The van der Waals surface area contributed by atoms with Gasteiger partial charge in [-0.1, -0.05) is 20.8 Å². The summed E-state index contributed by atoms with van der Waals surface area (Å²) in [5.41, 5.74) is 0.303. The summed E-state index contributed by atoms with van der Waals surface area (Å²) in [5.74, 6) is 0. The second kappa shape index (κ2) is 3.94. The van der Waals surface area contributed by atoms with Crippen LogP contribution < -0.4 is 5.32 Å². The molecule has 2 N–H and O–H groups in total. The summed E-state index contributed by atoms with van der Waals surface area (Å²) in [6.45, 7) is 9.14. The van der Waals surface area contributed by atoms with Gasteiger partial charge in [-0.05, 0) is 18.8 Å². The normalized spacial score (nSPS) is 15.3. The van der Waals surface area contributed by atoms with Gasteiger partial charge in [0.15, 0.2) is 0 Å². The highest BCUT2D eigenvalue weighted by atomic mass is 16.3. The number of nitrogens with one attached hydrogen (secondary N) is 1. The summed E-state index contributed by atoms with van der Waals surface area (Å²) in [5, 5.41) is 11.9. The fourth-order valence-electron chi connectivity index (χ4n) is 0.549. The Morgan fingerprint density at radius 3 is 2.30 bits per heavy atom. The van der Waals surface area contributed by atoms with E-state index >= 15 is 0 Å². The van der Waals surface area contributed by atoms with E-state index in [9.17, 15) is 0 Å². The lowest BCUT2D eigenvalue weighted by molar-refractivity contribution is 0.137. The molecule has 1 unspecified atom stereocenters. The number of rotatable bonds is 4. The van der Waals surface area contributed by atoms with E-state index in [1.807, 2.05) is 0 Å². The third kappa shape index (κ3) is 4.77. The van der Waals surface area contributed by atoms with Gasteiger partial charge in [-0.25, -0.2) is 0 Å². The largest absolute Gasteiger partial charge is 0.379 e. The van der Waals surface area contributed by atoms with Crippen LogP contribution in [0, 0.1) is 5.41 Å². The van der Waals surface area contributed by atoms with Gasteiger partial charge < -0.3 is 5.11 Å². The average molecular weight is 145 g/mol. The van der Waals surface area contributed by atoms with Crippen LogP contribution in [0.2, 0.25) is 0 Å². The van der Waals surface area contributed by atoms with E-state index in [0.29, 0.717) is 5.41 Å². The second-order valence-corrected chi connectivity index (χ2v) is 3.57. The molecule has 0 aromatic carbocycles. The Bertz CT molecular complexity index is 89.3. The van der Waals surface area contributed by atoms with E-state index in [1.165, 1.54) is 0 Å². The van der Waals surface area contributed by atoms with Crippen molar-refractivity contribution in [2.75, 3.05) is 6.54 Å². The lowest BCUT2D eigenvalue weighted by Gasteiger charge is -2.23. The van der Waals surface area contributed by atoms with E-state index in [2.05, 4.69) is 26.1 Å². The molecule has 0 heterocycles. The predicted octanol–water partition coefficient (Wildman–Crippen LogP) is 1.35. The molecule has 2 nitrogen and oxygen atoms in total. The zero-order valence-corrected chi connectivity index (χ0v) is 7.44. The van der Waals surface area contributed by atoms with Crippen LogP contribution in [0.25, 0.3) is 0 Å². The fraction of sp³-hybridized carbons (Fsp3) is 1.00. The molecule has 0 aromatic heterocycles. The van der Waals surface area contributed by atoms with Crippen molar-refractivity contribution in [3.8, 4) is 0 Å². The smallest absolute Gasteiger partial charge is 0.102 e. The van der Waals surface area contributed by atoms with Gasteiger partial charge in [0.05, 0.1) is 0 Å². The maximum atomic E-state index is 8.90. The minimum Gasteiger partial charge on any atom is -0.379 e. The van der Waals surface area contributed by atoms with Crippen LogP contribution in [0.5, 0.6) is 0 Å². The van der Waals surface area contributed by atoms with Crippen LogP contribution in [0.3, 0.4) is 0 Å². The SMILES string of the molecule is CCC(C)(C)CNC(C)O. The lowest BCUT2D eigenvalue weighted by Crippen LogP contribution is -2.34. The minimum atomic E-state index is -0.383. The molecule has 0 amide bonds. The summed E-state index contributed by atoms with van der Waals surface area (Å²) in [7, 11) is 0. The van der Waals surface area contributed by atoms with Gasteiger partial charge in [0, 0.05) is 6.54 Å². The predicted molar refractivity (Wildman–Crippen MR) is 43.8 cm³/mol. The first kappa shape index (κ1) is 9.92. The second-order valence-electron chi connectivity index (χ2n) is 3.57. The molecular weight excluding hydrogens is 126 g/mol. The highest BCUT2D eigenvalue weighted by Crippen LogP contribution is 2.17. The van der Waals surface area contributed by atoms with Gasteiger partial charge in [0.25, 0.3) is 0 Å². The summed E-state index contributed by atoms with van der Waals surface area (Å²) in [6.07, 6.45) is 0.748. The molecule has 0 aromatic rings. The van der Waals surface area contributed by atoms with Gasteiger partial charge >= 0.3 is 0 Å². The molecule has 0 aliphatic heterocycles. The van der Waals surface area contributed by atoms with Gasteiger partial charge in [-0.3, -0.25) is 5.32 Å². The van der Waals surface area contributed by atoms with Crippen molar-refractivity contribution in [3.05, 3.63) is 0 Å². The van der Waals surface area contributed by atoms with E-state index in [4.69, 9.17) is 5.11 Å². The van der Waals surface area contributed by atoms with Crippen molar-refractivity contribution in [1.29, 1.82) is 0 Å². The van der Waals surface area contributed by atoms with Crippen molar-refractivity contribution in [3.63, 3.8) is 0 Å². The Morgan fingerprint density at radius 2 is 2.00 bits per heavy atom. The Morgan fingerprint density at radius 1 is 1.50 bits per heavy atom. The van der Waals surface area contributed by atoms with Crippen molar-refractivity contribution in [1.82, 2.24) is 5.32 Å². The van der Waals surface area contributed by atoms with Gasteiger partial charge in [0.2, 0.25) is 0 Å². The van der Waals surface area contributed by atoms with Gasteiger partial charge in [-0.15, -0.1) is 0 Å². The molecule has 0 fully saturated rings. The van der Waals surface area contributed by atoms with Crippen LogP contribution in [-0.2, 0) is 0 Å². The van der Waals surface area contributed by atoms with Crippen LogP contribution in [0.4, 0.5) is 0 Å². The Balaban J connectivity index is 3.46. The van der Waals surface area contributed by atoms with Gasteiger partial charge in [-0.2, -0.15) is 0 Å². The van der Waals surface area contributed by atoms with Crippen molar-refractivity contribution < 1.29 is 5.11 Å². The fourth-order valence-corrected chi connectivity index (χ4v) is 0.549. The Hall–Kier alpha value is -0.0800. The van der Waals surface area contributed by atoms with E-state index in [0.717, 1.165) is 13.0 Å². The Kier molecular flexibility index (Phi) is 3.91. The Labute approximate surface area is 63.6 Å². The third-order valence-corrected chi connectivity index (χ3v) is 1.83. The maximum Gasteiger partial charge on any atom is 0.102 e. The van der Waals surface area contributed by atoms with E-state index in [-0.39, 0.29) is 6.23 Å². The molecule has 10 heavy (non-hydrogen) atoms. The summed E-state index contributed by atoms with van der Waals surface area (Å²) >= 11 is 0. The molecule has 2 heteroatoms. The maximum absolute atomic E-state index is 8.90. The summed E-state index contributed by atoms with van der Waals surface area (Å²) < 4.78 is 0. The molecule has 1 atom stereocenters. The van der Waals surface area contributed by atoms with Crippen molar-refractivity contribution >= 4 is 0 Å². The van der Waals surface area contributed by atoms with Crippen LogP contribution in [0.1, 0.15) is 34.1 Å². The van der Waals surface area contributed by atoms with E-state index in [1.54, 1.807) is 6.92 Å². The topological polar surface area (TPSA) is 32.3 Å². The number of aliphatic hydroxyl groups excluding tert-OH is 1. The zero-order valence-electron chi connectivity index (χ0n) is 7.44. The highest BCUT2D eigenvalue weighted by Gasteiger charge is 2.14. The van der Waals surface area contributed by atoms with Crippen LogP contribution >= 0.6 is 0 Å². The highest BCUT2D eigenvalue weighted by molar-refractivity contribution is 4.69. The quantitative estimate of drug-likeness (QED) is 0.585. The molecule has 0 radical (unpaired) electrons. The lowest BCUT2D eigenvalue weighted by atomic mass is 9.90. The summed E-state index contributed by atoms with van der Waals surface area (Å²) in [4.78, 5) is 0. The third-order valence-electron chi connectivity index (χ3n) is 1.83. The molecule has 0 spiro atoms. The monoisotopic (exact) mass is 145 g/mol. The number of hydrogen-bond donors (Lipinski definition) is 2. The standard InChI is InChI=1S/C8H19NO/c1-5-8(3,4)6-9-7(2)10/h7,9-10H,5-6H2,1-4H3. The minimum absolute atomic E-state index is 0.303. The molecule has 0 aliphatic rings. The van der Waals surface area contributed by atoms with Crippen molar-refractivity contribution in [2.24, 2.45) is 5.41 Å². The number of aliphatic hydroxyl groups is 1. The molecule has 0 bridgehead atoms. The molecule has 0 saturated heterocycles. The van der Waals surface area contributed by atoms with Crippen molar-refractivity contribution in [2.45, 2.75) is 40.3 Å². The average Bonchev–Trinajstić information content (AvgIpc) is 1.85. The molecule has 0 aliphatic carbocycles. The van der Waals surface area contributed by atoms with Gasteiger partial charge in [0.1, 0.15) is 6.23 Å². The summed E-state index contributed by atoms with van der Waals surface area (Å²) in [6, 6.07) is 0. The molecular formula is C8H19NO. The zero-order chi connectivity index (χ0) is 8.20. The first-order valence-corrected chi connectivity index (χ1v) is 3.89. The molecule has 0 rings (SSSR count). The first-order valence-electron chi connectivity index (χ1n) is 3.89. The molecule has 62 valence electrons. The van der Waals surface area contributed by atoms with Crippen LogP contribution in [-0.4, -0.2) is 17.9 Å². The number of hydrogen-bond acceptors (Lipinski definition) is 2. The molecule has 0 saturated carbocycles.